The van der Waals surface area contributed by atoms with Crippen LogP contribution in [0.4, 0.5) is 0 Å². The lowest BCUT2D eigenvalue weighted by Crippen LogP contribution is -2.34. The molecule has 0 heterocycles. The van der Waals surface area contributed by atoms with Gasteiger partial charge in [-0.2, -0.15) is 0 Å². The lowest BCUT2D eigenvalue weighted by atomic mass is 9.68. The lowest BCUT2D eigenvalue weighted by molar-refractivity contribution is -0.150. The minimum atomic E-state index is -0.344. The van der Waals surface area contributed by atoms with Crippen molar-refractivity contribution >= 4 is 5.97 Å². The summed E-state index contributed by atoms with van der Waals surface area (Å²) in [4.78, 5) is 11.8. The van der Waals surface area contributed by atoms with Gasteiger partial charge in [0.05, 0.1) is 12.5 Å². The molecule has 2 aliphatic rings. The van der Waals surface area contributed by atoms with Gasteiger partial charge in [0.15, 0.2) is 0 Å². The molecule has 2 aliphatic carbocycles. The number of hydrogen-bond acceptors (Lipinski definition) is 2. The highest BCUT2D eigenvalue weighted by molar-refractivity contribution is 5.82. The van der Waals surface area contributed by atoms with Crippen molar-refractivity contribution in [3.05, 3.63) is 12.2 Å². The van der Waals surface area contributed by atoms with Crippen LogP contribution < -0.4 is 0 Å². The van der Waals surface area contributed by atoms with E-state index in [0.29, 0.717) is 5.92 Å². The number of methoxy groups -OCH3 is 1. The Kier molecular flexibility index (Phi) is 1.82. The maximum atomic E-state index is 11.8. The van der Waals surface area contributed by atoms with Crippen LogP contribution in [0.1, 0.15) is 33.1 Å². The Morgan fingerprint density at radius 1 is 1.57 bits per heavy atom. The monoisotopic (exact) mass is 194 g/mol. The molecule has 0 aromatic carbocycles. The maximum Gasteiger partial charge on any atom is 0.315 e. The van der Waals surface area contributed by atoms with E-state index in [4.69, 9.17) is 4.74 Å². The number of esters is 1. The van der Waals surface area contributed by atoms with E-state index in [2.05, 4.69) is 20.4 Å². The summed E-state index contributed by atoms with van der Waals surface area (Å²) in [6.45, 7) is 8.53. The normalized spacial score (nSPS) is 38.8. The highest BCUT2D eigenvalue weighted by atomic mass is 16.5. The highest BCUT2D eigenvalue weighted by Gasteiger charge is 2.61. The van der Waals surface area contributed by atoms with Crippen molar-refractivity contribution in [1.29, 1.82) is 0 Å². The summed E-state index contributed by atoms with van der Waals surface area (Å²) in [7, 11) is 1.48. The average molecular weight is 194 g/mol. The van der Waals surface area contributed by atoms with Crippen molar-refractivity contribution in [2.24, 2.45) is 16.7 Å². The van der Waals surface area contributed by atoms with Gasteiger partial charge in [-0.3, -0.25) is 4.79 Å². The zero-order chi connectivity index (χ0) is 10.6. The molecule has 2 fully saturated rings. The van der Waals surface area contributed by atoms with Crippen LogP contribution in [0.2, 0.25) is 0 Å². The molecule has 0 radical (unpaired) electrons. The Hall–Kier alpha value is -0.790. The van der Waals surface area contributed by atoms with E-state index < -0.39 is 0 Å². The summed E-state index contributed by atoms with van der Waals surface area (Å²) in [6, 6.07) is 0. The third kappa shape index (κ3) is 0.891. The van der Waals surface area contributed by atoms with Crippen LogP contribution in [0.5, 0.6) is 0 Å². The predicted molar refractivity (Wildman–Crippen MR) is 54.7 cm³/mol. The molecule has 0 unspecified atom stereocenters. The van der Waals surface area contributed by atoms with Crippen LogP contribution in [0.25, 0.3) is 0 Å². The summed E-state index contributed by atoms with van der Waals surface area (Å²) < 4.78 is 4.92. The van der Waals surface area contributed by atoms with Gasteiger partial charge in [-0.05, 0) is 30.6 Å². The van der Waals surface area contributed by atoms with E-state index in [0.717, 1.165) is 24.8 Å². The molecule has 0 amide bonds. The van der Waals surface area contributed by atoms with Crippen LogP contribution in [-0.4, -0.2) is 13.1 Å². The van der Waals surface area contributed by atoms with Crippen molar-refractivity contribution in [2.45, 2.75) is 33.1 Å². The zero-order valence-electron chi connectivity index (χ0n) is 9.22. The Balaban J connectivity index is 2.40. The number of hydrogen-bond donors (Lipinski definition) is 0. The molecule has 2 rings (SSSR count). The number of fused-ring (bicyclic) bond motifs is 2. The van der Waals surface area contributed by atoms with Gasteiger partial charge in [0.25, 0.3) is 0 Å². The molecule has 0 saturated heterocycles. The molecule has 2 bridgehead atoms. The van der Waals surface area contributed by atoms with Gasteiger partial charge in [-0.1, -0.05) is 26.0 Å². The smallest absolute Gasteiger partial charge is 0.315 e. The molecule has 2 nitrogen and oxygen atoms in total. The third-order valence-corrected chi connectivity index (χ3v) is 4.47. The summed E-state index contributed by atoms with van der Waals surface area (Å²) in [6.07, 6.45) is 3.03. The number of carbonyl (C=O) groups excluding carboxylic acids is 1. The topological polar surface area (TPSA) is 26.3 Å². The second-order valence-corrected chi connectivity index (χ2v) is 5.21. The van der Waals surface area contributed by atoms with Crippen LogP contribution in [-0.2, 0) is 9.53 Å². The van der Waals surface area contributed by atoms with E-state index in [1.165, 1.54) is 7.11 Å². The molecule has 0 aliphatic heterocycles. The predicted octanol–water partition coefficient (Wildman–Crippen LogP) is 2.54. The zero-order valence-corrected chi connectivity index (χ0v) is 9.22. The maximum absolute atomic E-state index is 11.8. The standard InChI is InChI=1S/C12H18O2/c1-8-11(2,3)9-5-6-12(8,7-9)10(13)14-4/h9H,1,5-7H2,2-4H3/t9-,12+/m1/s1. The summed E-state index contributed by atoms with van der Waals surface area (Å²) >= 11 is 0. The molecule has 14 heavy (non-hydrogen) atoms. The fraction of sp³-hybridized carbons (Fsp3) is 0.750. The molecule has 2 atom stereocenters. The van der Waals surface area contributed by atoms with Crippen LogP contribution in [0.15, 0.2) is 12.2 Å². The van der Waals surface area contributed by atoms with Gasteiger partial charge in [0.2, 0.25) is 0 Å². The van der Waals surface area contributed by atoms with Gasteiger partial charge in [0.1, 0.15) is 0 Å². The fourth-order valence-electron chi connectivity index (χ4n) is 3.30. The Labute approximate surface area is 85.3 Å². The van der Waals surface area contributed by atoms with E-state index in [1.54, 1.807) is 0 Å². The van der Waals surface area contributed by atoms with E-state index in [9.17, 15) is 4.79 Å². The number of carbonyl (C=O) groups is 1. The van der Waals surface area contributed by atoms with Crippen molar-refractivity contribution in [3.8, 4) is 0 Å². The van der Waals surface area contributed by atoms with Crippen molar-refractivity contribution in [3.63, 3.8) is 0 Å². The number of rotatable bonds is 1. The largest absolute Gasteiger partial charge is 0.468 e. The molecule has 0 aromatic heterocycles. The average Bonchev–Trinajstić information content (AvgIpc) is 2.66. The quantitative estimate of drug-likeness (QED) is 0.473. The highest BCUT2D eigenvalue weighted by Crippen LogP contribution is 2.65. The van der Waals surface area contributed by atoms with Crippen LogP contribution in [0.3, 0.4) is 0 Å². The molecular formula is C12H18O2. The van der Waals surface area contributed by atoms with E-state index in [1.807, 2.05) is 0 Å². The van der Waals surface area contributed by atoms with Gasteiger partial charge < -0.3 is 4.74 Å². The third-order valence-electron chi connectivity index (χ3n) is 4.47. The fourth-order valence-corrected chi connectivity index (χ4v) is 3.30. The summed E-state index contributed by atoms with van der Waals surface area (Å²) in [5.41, 5.74) is 0.864. The second kappa shape index (κ2) is 2.62. The molecule has 2 saturated carbocycles. The Morgan fingerprint density at radius 2 is 2.21 bits per heavy atom. The first kappa shape index (κ1) is 9.75. The van der Waals surface area contributed by atoms with Crippen LogP contribution >= 0.6 is 0 Å². The molecule has 78 valence electrons. The second-order valence-electron chi connectivity index (χ2n) is 5.21. The Bertz CT molecular complexity index is 303. The minimum Gasteiger partial charge on any atom is -0.468 e. The molecular weight excluding hydrogens is 176 g/mol. The molecule has 2 heteroatoms. The van der Waals surface area contributed by atoms with Gasteiger partial charge in [-0.25, -0.2) is 0 Å². The van der Waals surface area contributed by atoms with E-state index >= 15 is 0 Å². The van der Waals surface area contributed by atoms with Crippen molar-refractivity contribution < 1.29 is 9.53 Å². The van der Waals surface area contributed by atoms with Gasteiger partial charge in [0, 0.05) is 0 Å². The minimum absolute atomic E-state index is 0.0735. The van der Waals surface area contributed by atoms with Crippen molar-refractivity contribution in [2.75, 3.05) is 7.11 Å². The first-order chi connectivity index (χ1) is 6.45. The summed E-state index contributed by atoms with van der Waals surface area (Å²) in [5, 5.41) is 0. The summed E-state index contributed by atoms with van der Waals surface area (Å²) in [5.74, 6) is 0.546. The SMILES string of the molecule is C=C1C(C)(C)[C@@H]2CC[C@]1(C(=O)OC)C2. The molecule has 0 spiro atoms. The molecule has 0 N–H and O–H groups in total. The number of ether oxygens (including phenoxy) is 1. The Morgan fingerprint density at radius 3 is 2.64 bits per heavy atom. The van der Waals surface area contributed by atoms with Gasteiger partial charge >= 0.3 is 5.97 Å². The first-order valence-corrected chi connectivity index (χ1v) is 5.23. The molecule has 0 aromatic rings. The van der Waals surface area contributed by atoms with Crippen LogP contribution in [0, 0.1) is 16.7 Å². The van der Waals surface area contributed by atoms with E-state index in [-0.39, 0.29) is 16.8 Å². The lowest BCUT2D eigenvalue weighted by Gasteiger charge is -2.36. The van der Waals surface area contributed by atoms with Crippen molar-refractivity contribution in [1.82, 2.24) is 0 Å². The first-order valence-electron chi connectivity index (χ1n) is 5.23. The van der Waals surface area contributed by atoms with Gasteiger partial charge in [-0.15, -0.1) is 0 Å².